The first-order chi connectivity index (χ1) is 14.9. The third kappa shape index (κ3) is 8.96. The van der Waals surface area contributed by atoms with Gasteiger partial charge in [-0.25, -0.2) is 0 Å². The fraction of sp³-hybridized carbons (Fsp3) is 0.931. The fourth-order valence-corrected chi connectivity index (χ4v) is 7.73. The van der Waals surface area contributed by atoms with Gasteiger partial charge in [-0.05, 0) is 98.7 Å². The maximum absolute atomic E-state index is 6.93. The van der Waals surface area contributed by atoms with Crippen molar-refractivity contribution >= 4 is 18.7 Å². The van der Waals surface area contributed by atoms with Gasteiger partial charge in [-0.2, -0.15) is 0 Å². The van der Waals surface area contributed by atoms with Crippen molar-refractivity contribution in [1.82, 2.24) is 0 Å². The first kappa shape index (κ1) is 28.2. The summed E-state index contributed by atoms with van der Waals surface area (Å²) < 4.78 is 7.12. The molecule has 0 amide bonds. The maximum atomic E-state index is 6.93. The van der Waals surface area contributed by atoms with E-state index in [2.05, 4.69) is 75.3 Å². The van der Waals surface area contributed by atoms with Crippen LogP contribution in [-0.2, 0) is 4.65 Å². The monoisotopic (exact) mass is 462 g/mol. The predicted octanol–water partition coefficient (Wildman–Crippen LogP) is 9.80. The molecule has 0 aromatic rings. The summed E-state index contributed by atoms with van der Waals surface area (Å²) in [6, 6.07) is 0. The van der Waals surface area contributed by atoms with Gasteiger partial charge in [-0.3, -0.25) is 0 Å². The van der Waals surface area contributed by atoms with E-state index >= 15 is 0 Å². The minimum Gasteiger partial charge on any atom is -0.557 e. The lowest BCUT2D eigenvalue weighted by Crippen LogP contribution is -2.36. The standard InChI is InChI=1S/C29H55BOS/c1-11-28(32-29(8,9)10)31-30(18-24-16-22(6)12-14-26(24)20(2)3)19-25-17-23(7)13-15-27(25)21(4)5/h11,20-27H,12-19H2,1-10H3/b28-11-/t22-,23-,24-,25-,26+,27+/m1/s1. The Kier molecular flexibility index (Phi) is 11.1. The van der Waals surface area contributed by atoms with E-state index in [4.69, 9.17) is 4.65 Å². The molecule has 6 atom stereocenters. The second kappa shape index (κ2) is 12.6. The predicted molar refractivity (Wildman–Crippen MR) is 147 cm³/mol. The second-order valence-corrected chi connectivity index (χ2v) is 15.0. The summed E-state index contributed by atoms with van der Waals surface area (Å²) in [6.45, 7) is 24.2. The van der Waals surface area contributed by atoms with Crippen LogP contribution >= 0.6 is 11.8 Å². The normalized spacial score (nSPS) is 32.4. The highest BCUT2D eigenvalue weighted by Crippen LogP contribution is 2.45. The lowest BCUT2D eigenvalue weighted by Gasteiger charge is -2.41. The zero-order valence-electron chi connectivity index (χ0n) is 23.2. The van der Waals surface area contributed by atoms with Crippen LogP contribution in [0.2, 0.25) is 12.6 Å². The number of thioether (sulfide) groups is 1. The number of rotatable bonds is 9. The van der Waals surface area contributed by atoms with Gasteiger partial charge >= 0.3 is 6.92 Å². The van der Waals surface area contributed by atoms with Crippen molar-refractivity contribution in [3.05, 3.63) is 11.2 Å². The molecule has 2 fully saturated rings. The van der Waals surface area contributed by atoms with Crippen LogP contribution in [0.15, 0.2) is 11.2 Å². The second-order valence-electron chi connectivity index (χ2n) is 13.2. The third-order valence-electron chi connectivity index (χ3n) is 8.38. The van der Waals surface area contributed by atoms with E-state index in [9.17, 15) is 0 Å². The topological polar surface area (TPSA) is 9.23 Å². The van der Waals surface area contributed by atoms with Gasteiger partial charge in [0.1, 0.15) is 5.09 Å². The summed E-state index contributed by atoms with van der Waals surface area (Å²) in [5.74, 6) is 6.70. The zero-order chi connectivity index (χ0) is 24.1. The molecule has 0 saturated heterocycles. The molecular formula is C29H55BOS. The highest BCUT2D eigenvalue weighted by Gasteiger charge is 2.39. The van der Waals surface area contributed by atoms with Crippen LogP contribution in [0, 0.1) is 47.3 Å². The molecule has 1 nitrogen and oxygen atoms in total. The largest absolute Gasteiger partial charge is 0.557 e. The molecule has 32 heavy (non-hydrogen) atoms. The molecule has 2 aliphatic rings. The molecule has 0 N–H and O–H groups in total. The molecule has 0 unspecified atom stereocenters. The quantitative estimate of drug-likeness (QED) is 0.249. The molecule has 2 rings (SSSR count). The van der Waals surface area contributed by atoms with Gasteiger partial charge in [-0.1, -0.05) is 86.9 Å². The van der Waals surface area contributed by atoms with E-state index in [0.29, 0.717) is 6.92 Å². The molecule has 0 aromatic heterocycles. The van der Waals surface area contributed by atoms with E-state index in [1.165, 1.54) is 51.2 Å². The summed E-state index contributed by atoms with van der Waals surface area (Å²) in [4.78, 5) is 0. The molecule has 2 aliphatic carbocycles. The van der Waals surface area contributed by atoms with Crippen molar-refractivity contribution in [2.75, 3.05) is 0 Å². The fourth-order valence-electron chi connectivity index (χ4n) is 6.83. The van der Waals surface area contributed by atoms with E-state index in [1.54, 1.807) is 0 Å². The molecule has 2 saturated carbocycles. The molecule has 0 bridgehead atoms. The number of allylic oxidation sites excluding steroid dienone is 1. The Morgan fingerprint density at radius 3 is 1.66 bits per heavy atom. The van der Waals surface area contributed by atoms with Crippen molar-refractivity contribution in [1.29, 1.82) is 0 Å². The van der Waals surface area contributed by atoms with Crippen LogP contribution in [0.5, 0.6) is 0 Å². The first-order valence-corrected chi connectivity index (χ1v) is 14.7. The van der Waals surface area contributed by atoms with E-state index in [1.807, 2.05) is 11.8 Å². The minimum atomic E-state index is 0.187. The molecule has 186 valence electrons. The molecule has 3 heteroatoms. The van der Waals surface area contributed by atoms with Gasteiger partial charge in [0, 0.05) is 4.75 Å². The number of hydrogen-bond donors (Lipinski definition) is 0. The Hall–Kier alpha value is -0.0451. The zero-order valence-corrected chi connectivity index (χ0v) is 24.1. The minimum absolute atomic E-state index is 0.187. The molecule has 0 heterocycles. The highest BCUT2D eigenvalue weighted by molar-refractivity contribution is 8.04. The Labute approximate surface area is 206 Å². The van der Waals surface area contributed by atoms with Gasteiger partial charge in [0.25, 0.3) is 0 Å². The smallest absolute Gasteiger partial charge is 0.358 e. The van der Waals surface area contributed by atoms with Crippen molar-refractivity contribution < 1.29 is 4.65 Å². The van der Waals surface area contributed by atoms with Crippen molar-refractivity contribution in [3.63, 3.8) is 0 Å². The summed E-state index contributed by atoms with van der Waals surface area (Å²) >= 11 is 1.91. The molecule has 0 aliphatic heterocycles. The molecular weight excluding hydrogens is 407 g/mol. The SMILES string of the molecule is C/C=C(/OB(C[C@H]1C[C@H](C)CC[C@H]1C(C)C)C[C@H]1C[C@H](C)CC[C@H]1C(C)C)SC(C)(C)C. The van der Waals surface area contributed by atoms with Gasteiger partial charge in [-0.15, -0.1) is 0 Å². The summed E-state index contributed by atoms with van der Waals surface area (Å²) in [5.41, 5.74) is 0. The van der Waals surface area contributed by atoms with E-state index < -0.39 is 0 Å². The van der Waals surface area contributed by atoms with Crippen LogP contribution in [0.25, 0.3) is 0 Å². The summed E-state index contributed by atoms with van der Waals surface area (Å²) in [7, 11) is 0. The van der Waals surface area contributed by atoms with Crippen LogP contribution in [-0.4, -0.2) is 11.7 Å². The van der Waals surface area contributed by atoms with Crippen LogP contribution in [0.1, 0.15) is 108 Å². The third-order valence-corrected chi connectivity index (χ3v) is 9.52. The Morgan fingerprint density at radius 1 is 0.875 bits per heavy atom. The first-order valence-electron chi connectivity index (χ1n) is 13.9. The van der Waals surface area contributed by atoms with E-state index in [0.717, 1.165) is 52.4 Å². The lowest BCUT2D eigenvalue weighted by atomic mass is 9.49. The van der Waals surface area contributed by atoms with Gasteiger partial charge in [0.2, 0.25) is 0 Å². The summed E-state index contributed by atoms with van der Waals surface area (Å²) in [5, 5.41) is 1.15. The lowest BCUT2D eigenvalue weighted by molar-refractivity contribution is 0.146. The van der Waals surface area contributed by atoms with Gasteiger partial charge < -0.3 is 4.65 Å². The highest BCUT2D eigenvalue weighted by atomic mass is 32.2. The van der Waals surface area contributed by atoms with Gasteiger partial charge in [0.15, 0.2) is 0 Å². The van der Waals surface area contributed by atoms with Crippen LogP contribution < -0.4 is 0 Å². The van der Waals surface area contributed by atoms with Crippen molar-refractivity contribution in [2.24, 2.45) is 47.3 Å². The van der Waals surface area contributed by atoms with E-state index in [-0.39, 0.29) is 4.75 Å². The molecule has 0 spiro atoms. The molecule has 0 aromatic carbocycles. The average Bonchev–Trinajstić information content (AvgIpc) is 2.65. The summed E-state index contributed by atoms with van der Waals surface area (Å²) in [6.07, 6.45) is 13.2. The van der Waals surface area contributed by atoms with Crippen LogP contribution in [0.4, 0.5) is 0 Å². The van der Waals surface area contributed by atoms with Crippen LogP contribution in [0.3, 0.4) is 0 Å². The average molecular weight is 463 g/mol. The number of hydrogen-bond acceptors (Lipinski definition) is 2. The Morgan fingerprint density at radius 2 is 1.31 bits per heavy atom. The Bertz CT molecular complexity index is 544. The molecule has 0 radical (unpaired) electrons. The van der Waals surface area contributed by atoms with Gasteiger partial charge in [0.05, 0.1) is 0 Å². The maximum Gasteiger partial charge on any atom is 0.358 e. The Balaban J connectivity index is 2.23. The van der Waals surface area contributed by atoms with Crippen molar-refractivity contribution in [3.8, 4) is 0 Å². The van der Waals surface area contributed by atoms with Crippen molar-refractivity contribution in [2.45, 2.75) is 125 Å².